The number of aromatic hydroxyl groups is 4. The van der Waals surface area contributed by atoms with E-state index < -0.39 is 5.41 Å². The lowest BCUT2D eigenvalue weighted by molar-refractivity contribution is 0.414. The Morgan fingerprint density at radius 1 is 0.609 bits per heavy atom. The minimum atomic E-state index is -0.708. The summed E-state index contributed by atoms with van der Waals surface area (Å²) >= 11 is 0. The van der Waals surface area contributed by atoms with Gasteiger partial charge in [0.05, 0.1) is 0 Å². The second-order valence-electron chi connectivity index (χ2n) is 6.75. The third-order valence-electron chi connectivity index (χ3n) is 4.75. The molecule has 0 aromatic heterocycles. The van der Waals surface area contributed by atoms with Crippen LogP contribution < -0.4 is 0 Å². The standard InChI is InChI=1S/C19H24O4/c1-9-7-13(17(22)11(3)15(9)20)19(5,6)14-8-10(2)16(21)12(4)18(14)23/h7-8,20-23H,1-6H3. The Labute approximate surface area is 136 Å². The Kier molecular flexibility index (Phi) is 3.97. The Bertz CT molecular complexity index is 723. The molecule has 0 heterocycles. The maximum Gasteiger partial charge on any atom is 0.126 e. The van der Waals surface area contributed by atoms with Crippen molar-refractivity contribution in [3.8, 4) is 23.0 Å². The number of hydrogen-bond acceptors (Lipinski definition) is 4. The van der Waals surface area contributed by atoms with Crippen LogP contribution in [0.3, 0.4) is 0 Å². The zero-order chi connectivity index (χ0) is 17.7. The van der Waals surface area contributed by atoms with Crippen molar-refractivity contribution in [1.29, 1.82) is 0 Å². The zero-order valence-corrected chi connectivity index (χ0v) is 14.4. The number of phenols is 4. The summed E-state index contributed by atoms with van der Waals surface area (Å²) in [7, 11) is 0. The molecule has 2 aromatic carbocycles. The minimum Gasteiger partial charge on any atom is -0.507 e. The number of rotatable bonds is 2. The fourth-order valence-corrected chi connectivity index (χ4v) is 3.02. The van der Waals surface area contributed by atoms with Crippen molar-refractivity contribution in [3.63, 3.8) is 0 Å². The Morgan fingerprint density at radius 2 is 0.913 bits per heavy atom. The van der Waals surface area contributed by atoms with Crippen LogP contribution >= 0.6 is 0 Å². The van der Waals surface area contributed by atoms with Crippen LogP contribution in [-0.2, 0) is 5.41 Å². The van der Waals surface area contributed by atoms with E-state index in [0.29, 0.717) is 33.4 Å². The van der Waals surface area contributed by atoms with Crippen LogP contribution in [-0.4, -0.2) is 20.4 Å². The lowest BCUT2D eigenvalue weighted by atomic mass is 9.75. The Hall–Kier alpha value is -2.36. The van der Waals surface area contributed by atoms with E-state index in [1.165, 1.54) is 0 Å². The molecule has 4 nitrogen and oxygen atoms in total. The molecule has 0 saturated carbocycles. The normalized spacial score (nSPS) is 11.7. The molecule has 2 rings (SSSR count). The summed E-state index contributed by atoms with van der Waals surface area (Å²) in [5, 5.41) is 41.0. The number of phenolic OH excluding ortho intramolecular Hbond substituents is 4. The van der Waals surface area contributed by atoms with Gasteiger partial charge in [0.2, 0.25) is 0 Å². The van der Waals surface area contributed by atoms with E-state index in [9.17, 15) is 20.4 Å². The lowest BCUT2D eigenvalue weighted by Gasteiger charge is -2.30. The van der Waals surface area contributed by atoms with Gasteiger partial charge in [0.1, 0.15) is 23.0 Å². The van der Waals surface area contributed by atoms with Crippen LogP contribution in [0, 0.1) is 27.7 Å². The first kappa shape index (κ1) is 17.0. The Balaban J connectivity index is 2.79. The molecule has 0 aliphatic carbocycles. The average Bonchev–Trinajstić information content (AvgIpc) is 2.49. The SMILES string of the molecule is Cc1cc(C(C)(C)c2cc(C)c(O)c(C)c2O)c(O)c(C)c1O. The van der Waals surface area contributed by atoms with Gasteiger partial charge in [0.25, 0.3) is 0 Å². The van der Waals surface area contributed by atoms with Crippen LogP contribution in [0.5, 0.6) is 23.0 Å². The van der Waals surface area contributed by atoms with Gasteiger partial charge in [0.15, 0.2) is 0 Å². The molecule has 0 amide bonds. The van der Waals surface area contributed by atoms with E-state index in [1.54, 1.807) is 39.8 Å². The second-order valence-corrected chi connectivity index (χ2v) is 6.75. The van der Waals surface area contributed by atoms with E-state index >= 15 is 0 Å². The predicted molar refractivity (Wildman–Crippen MR) is 90.6 cm³/mol. The van der Waals surface area contributed by atoms with E-state index in [1.807, 2.05) is 13.8 Å². The van der Waals surface area contributed by atoms with Crippen molar-refractivity contribution >= 4 is 0 Å². The first-order valence-corrected chi connectivity index (χ1v) is 7.55. The lowest BCUT2D eigenvalue weighted by Crippen LogP contribution is -2.20. The molecule has 0 fully saturated rings. The molecule has 0 atom stereocenters. The molecule has 0 aliphatic heterocycles. The van der Waals surface area contributed by atoms with Crippen molar-refractivity contribution in [2.45, 2.75) is 47.0 Å². The highest BCUT2D eigenvalue weighted by Crippen LogP contribution is 2.47. The van der Waals surface area contributed by atoms with Crippen LogP contribution in [0.2, 0.25) is 0 Å². The predicted octanol–water partition coefficient (Wildman–Crippen LogP) is 4.07. The third-order valence-corrected chi connectivity index (χ3v) is 4.75. The van der Waals surface area contributed by atoms with Crippen LogP contribution in [0.4, 0.5) is 0 Å². The smallest absolute Gasteiger partial charge is 0.126 e. The molecule has 0 bridgehead atoms. The fourth-order valence-electron chi connectivity index (χ4n) is 3.02. The van der Waals surface area contributed by atoms with Gasteiger partial charge in [-0.1, -0.05) is 13.8 Å². The maximum atomic E-state index is 10.5. The van der Waals surface area contributed by atoms with E-state index in [-0.39, 0.29) is 23.0 Å². The van der Waals surface area contributed by atoms with Gasteiger partial charge >= 0.3 is 0 Å². The highest BCUT2D eigenvalue weighted by Gasteiger charge is 2.32. The highest BCUT2D eigenvalue weighted by molar-refractivity contribution is 5.61. The largest absolute Gasteiger partial charge is 0.507 e. The summed E-state index contributed by atoms with van der Waals surface area (Å²) < 4.78 is 0. The van der Waals surface area contributed by atoms with Gasteiger partial charge in [0, 0.05) is 27.7 Å². The molecule has 0 spiro atoms. The summed E-state index contributed by atoms with van der Waals surface area (Å²) in [5.41, 5.74) is 2.68. The average molecular weight is 316 g/mol. The van der Waals surface area contributed by atoms with E-state index in [0.717, 1.165) is 0 Å². The van der Waals surface area contributed by atoms with Gasteiger partial charge in [-0.3, -0.25) is 0 Å². The summed E-state index contributed by atoms with van der Waals surface area (Å²) in [5.74, 6) is 0.176. The minimum absolute atomic E-state index is 0.0147. The zero-order valence-electron chi connectivity index (χ0n) is 14.4. The van der Waals surface area contributed by atoms with Crippen molar-refractivity contribution in [3.05, 3.63) is 45.5 Å². The molecule has 0 radical (unpaired) electrons. The monoisotopic (exact) mass is 316 g/mol. The Morgan fingerprint density at radius 3 is 1.22 bits per heavy atom. The fraction of sp³-hybridized carbons (Fsp3) is 0.368. The molecule has 4 N–H and O–H groups in total. The van der Waals surface area contributed by atoms with Crippen molar-refractivity contribution in [2.75, 3.05) is 0 Å². The molecule has 0 saturated heterocycles. The maximum absolute atomic E-state index is 10.5. The number of hydrogen-bond donors (Lipinski definition) is 4. The van der Waals surface area contributed by atoms with Crippen LogP contribution in [0.25, 0.3) is 0 Å². The number of aryl methyl sites for hydroxylation is 2. The molecular formula is C19H24O4. The van der Waals surface area contributed by atoms with Gasteiger partial charge in [-0.25, -0.2) is 0 Å². The van der Waals surface area contributed by atoms with Crippen LogP contribution in [0.15, 0.2) is 12.1 Å². The van der Waals surface area contributed by atoms with Crippen molar-refractivity contribution in [2.24, 2.45) is 0 Å². The summed E-state index contributed by atoms with van der Waals surface area (Å²) in [4.78, 5) is 0. The first-order chi connectivity index (χ1) is 10.5. The van der Waals surface area contributed by atoms with Crippen LogP contribution in [0.1, 0.15) is 47.2 Å². The molecule has 0 unspecified atom stereocenters. The molecule has 23 heavy (non-hydrogen) atoms. The molecular weight excluding hydrogens is 292 g/mol. The highest BCUT2D eigenvalue weighted by atomic mass is 16.3. The molecule has 2 aromatic rings. The quantitative estimate of drug-likeness (QED) is 0.673. The molecule has 0 aliphatic rings. The molecule has 124 valence electrons. The van der Waals surface area contributed by atoms with E-state index in [4.69, 9.17) is 0 Å². The van der Waals surface area contributed by atoms with Gasteiger partial charge < -0.3 is 20.4 Å². The van der Waals surface area contributed by atoms with Crippen molar-refractivity contribution in [1.82, 2.24) is 0 Å². The van der Waals surface area contributed by atoms with Gasteiger partial charge in [-0.2, -0.15) is 0 Å². The summed E-state index contributed by atoms with van der Waals surface area (Å²) in [6, 6.07) is 3.46. The topological polar surface area (TPSA) is 80.9 Å². The first-order valence-electron chi connectivity index (χ1n) is 7.55. The summed E-state index contributed by atoms with van der Waals surface area (Å²) in [6.45, 7) is 10.6. The summed E-state index contributed by atoms with van der Waals surface area (Å²) in [6.07, 6.45) is 0. The van der Waals surface area contributed by atoms with E-state index in [2.05, 4.69) is 0 Å². The van der Waals surface area contributed by atoms with Crippen molar-refractivity contribution < 1.29 is 20.4 Å². The second kappa shape index (κ2) is 5.37. The number of benzene rings is 2. The third kappa shape index (κ3) is 2.48. The van der Waals surface area contributed by atoms with Gasteiger partial charge in [-0.05, 0) is 51.0 Å². The molecule has 4 heteroatoms. The van der Waals surface area contributed by atoms with Gasteiger partial charge in [-0.15, -0.1) is 0 Å².